The van der Waals surface area contributed by atoms with Crippen molar-refractivity contribution >= 4 is 0 Å². The van der Waals surface area contributed by atoms with Crippen LogP contribution in [0.4, 0.5) is 39.5 Å². The van der Waals surface area contributed by atoms with Crippen LogP contribution in [-0.2, 0) is 18.5 Å². The Kier molecular flexibility index (Phi) is 4.11. The quantitative estimate of drug-likeness (QED) is 0.733. The van der Waals surface area contributed by atoms with Gasteiger partial charge in [0.15, 0.2) is 0 Å². The van der Waals surface area contributed by atoms with E-state index in [0.29, 0.717) is 18.9 Å². The van der Waals surface area contributed by atoms with Crippen LogP contribution in [-0.4, -0.2) is 0 Å². The fourth-order valence-electron chi connectivity index (χ4n) is 2.44. The Morgan fingerprint density at radius 1 is 0.783 bits per heavy atom. The molecule has 130 valence electrons. The molecule has 1 unspecified atom stereocenters. The zero-order chi connectivity index (χ0) is 17.8. The summed E-state index contributed by atoms with van der Waals surface area (Å²) in [6, 6.07) is -0.991. The van der Waals surface area contributed by atoms with Gasteiger partial charge in [-0.3, -0.25) is 0 Å². The molecule has 2 N–H and O–H groups in total. The highest BCUT2D eigenvalue weighted by molar-refractivity contribution is 5.47. The average Bonchev–Trinajstić information content (AvgIpc) is 3.17. The summed E-state index contributed by atoms with van der Waals surface area (Å²) in [7, 11) is 0. The number of alkyl halides is 9. The lowest BCUT2D eigenvalue weighted by Gasteiger charge is -2.25. The van der Waals surface area contributed by atoms with Crippen molar-refractivity contribution < 1.29 is 39.5 Å². The van der Waals surface area contributed by atoms with Crippen molar-refractivity contribution in [2.24, 2.45) is 11.7 Å². The van der Waals surface area contributed by atoms with Crippen LogP contribution in [0.3, 0.4) is 0 Å². The zero-order valence-electron chi connectivity index (χ0n) is 11.2. The van der Waals surface area contributed by atoms with E-state index >= 15 is 0 Å². The minimum absolute atomic E-state index is 0.00956. The molecule has 1 nitrogen and oxygen atoms in total. The molecular formula is C13H10F9N. The lowest BCUT2D eigenvalue weighted by Crippen LogP contribution is -2.27. The lowest BCUT2D eigenvalue weighted by atomic mass is 9.89. The molecule has 0 bridgehead atoms. The summed E-state index contributed by atoms with van der Waals surface area (Å²) < 4.78 is 117. The standard InChI is InChI=1S/C13H10F9N/c14-11(15,16)7-4-3-6(10(23)5-1-2-5)8(12(17,18)19)9(7)13(20,21)22/h3-5,10H,1-2,23H2. The van der Waals surface area contributed by atoms with Crippen molar-refractivity contribution in [2.75, 3.05) is 0 Å². The van der Waals surface area contributed by atoms with Gasteiger partial charge in [0.25, 0.3) is 0 Å². The molecule has 1 aliphatic carbocycles. The Morgan fingerprint density at radius 2 is 1.26 bits per heavy atom. The first-order chi connectivity index (χ1) is 10.2. The molecule has 1 fully saturated rings. The fraction of sp³-hybridized carbons (Fsp3) is 0.538. The summed E-state index contributed by atoms with van der Waals surface area (Å²) in [5.74, 6) is -0.464. The predicted octanol–water partition coefficient (Wildman–Crippen LogP) is 5.15. The average molecular weight is 351 g/mol. The third kappa shape index (κ3) is 3.56. The molecule has 0 heterocycles. The van der Waals surface area contributed by atoms with Gasteiger partial charge in [0.05, 0.1) is 16.7 Å². The Balaban J connectivity index is 2.82. The van der Waals surface area contributed by atoms with Gasteiger partial charge in [-0.05, 0) is 30.4 Å². The van der Waals surface area contributed by atoms with Crippen LogP contribution in [0.2, 0.25) is 0 Å². The van der Waals surface area contributed by atoms with Gasteiger partial charge in [-0.2, -0.15) is 39.5 Å². The Hall–Kier alpha value is -1.45. The molecule has 0 aromatic heterocycles. The first kappa shape index (κ1) is 17.9. The maximum absolute atomic E-state index is 13.1. The molecule has 0 saturated heterocycles. The summed E-state index contributed by atoms with van der Waals surface area (Å²) in [5, 5.41) is 0. The van der Waals surface area contributed by atoms with Crippen LogP contribution in [0.5, 0.6) is 0 Å². The number of halogens is 9. The van der Waals surface area contributed by atoms with Crippen molar-refractivity contribution in [3.63, 3.8) is 0 Å². The highest BCUT2D eigenvalue weighted by atomic mass is 19.4. The number of rotatable bonds is 2. The van der Waals surface area contributed by atoms with Gasteiger partial charge in [0, 0.05) is 6.04 Å². The Bertz CT molecular complexity index is 593. The summed E-state index contributed by atoms with van der Waals surface area (Å²) >= 11 is 0. The summed E-state index contributed by atoms with van der Waals surface area (Å²) in [6.45, 7) is 0. The maximum atomic E-state index is 13.1. The predicted molar refractivity (Wildman–Crippen MR) is 61.1 cm³/mol. The van der Waals surface area contributed by atoms with Crippen molar-refractivity contribution in [3.8, 4) is 0 Å². The highest BCUT2D eigenvalue weighted by Crippen LogP contribution is 2.51. The van der Waals surface area contributed by atoms with E-state index in [2.05, 4.69) is 0 Å². The SMILES string of the molecule is NC(c1ccc(C(F)(F)F)c(C(F)(F)F)c1C(F)(F)F)C1CC1. The van der Waals surface area contributed by atoms with Gasteiger partial charge in [-0.1, -0.05) is 6.07 Å². The third-order valence-electron chi connectivity index (χ3n) is 3.60. The van der Waals surface area contributed by atoms with E-state index in [1.54, 1.807) is 0 Å². The maximum Gasteiger partial charge on any atom is 0.417 e. The molecule has 0 radical (unpaired) electrons. The fourth-order valence-corrected chi connectivity index (χ4v) is 2.44. The number of hydrogen-bond donors (Lipinski definition) is 1. The van der Waals surface area contributed by atoms with Gasteiger partial charge in [-0.15, -0.1) is 0 Å². The smallest absolute Gasteiger partial charge is 0.324 e. The minimum atomic E-state index is -5.82. The van der Waals surface area contributed by atoms with Gasteiger partial charge < -0.3 is 5.73 Å². The van der Waals surface area contributed by atoms with E-state index in [1.807, 2.05) is 0 Å². The summed E-state index contributed by atoms with van der Waals surface area (Å²) in [4.78, 5) is 0. The van der Waals surface area contributed by atoms with E-state index in [0.717, 1.165) is 0 Å². The number of hydrogen-bond acceptors (Lipinski definition) is 1. The van der Waals surface area contributed by atoms with Crippen molar-refractivity contribution in [1.82, 2.24) is 0 Å². The van der Waals surface area contributed by atoms with E-state index in [-0.39, 0.29) is 6.07 Å². The molecule has 1 aromatic carbocycles. The third-order valence-corrected chi connectivity index (χ3v) is 3.60. The van der Waals surface area contributed by atoms with Gasteiger partial charge >= 0.3 is 18.5 Å². The molecule has 1 aliphatic rings. The Labute approximate surface area is 124 Å². The normalized spacial score (nSPS) is 18.2. The second kappa shape index (κ2) is 5.29. The van der Waals surface area contributed by atoms with Crippen LogP contribution in [0.1, 0.15) is 41.1 Å². The van der Waals surface area contributed by atoms with Crippen LogP contribution < -0.4 is 5.73 Å². The van der Waals surface area contributed by atoms with Crippen molar-refractivity contribution in [3.05, 3.63) is 34.4 Å². The zero-order valence-corrected chi connectivity index (χ0v) is 11.2. The molecule has 0 aliphatic heterocycles. The van der Waals surface area contributed by atoms with Crippen LogP contribution in [0.25, 0.3) is 0 Å². The lowest BCUT2D eigenvalue weighted by molar-refractivity contribution is -0.175. The second-order valence-electron chi connectivity index (χ2n) is 5.31. The number of benzene rings is 1. The Morgan fingerprint density at radius 3 is 1.61 bits per heavy atom. The first-order valence-corrected chi connectivity index (χ1v) is 6.38. The van der Waals surface area contributed by atoms with E-state index in [4.69, 9.17) is 5.73 Å². The largest absolute Gasteiger partial charge is 0.417 e. The molecule has 1 aromatic rings. The van der Waals surface area contributed by atoms with E-state index in [1.165, 1.54) is 0 Å². The van der Waals surface area contributed by atoms with Crippen molar-refractivity contribution in [1.29, 1.82) is 0 Å². The highest BCUT2D eigenvalue weighted by Gasteiger charge is 2.52. The van der Waals surface area contributed by atoms with E-state index < -0.39 is 52.7 Å². The topological polar surface area (TPSA) is 26.0 Å². The molecule has 0 amide bonds. The van der Waals surface area contributed by atoms with Crippen molar-refractivity contribution in [2.45, 2.75) is 37.4 Å². The summed E-state index contributed by atoms with van der Waals surface area (Å²) in [6.07, 6.45) is -16.2. The van der Waals surface area contributed by atoms with Crippen LogP contribution in [0, 0.1) is 5.92 Å². The van der Waals surface area contributed by atoms with Gasteiger partial charge in [-0.25, -0.2) is 0 Å². The monoisotopic (exact) mass is 351 g/mol. The van der Waals surface area contributed by atoms with Crippen LogP contribution >= 0.6 is 0 Å². The van der Waals surface area contributed by atoms with E-state index in [9.17, 15) is 39.5 Å². The minimum Gasteiger partial charge on any atom is -0.324 e. The van der Waals surface area contributed by atoms with Crippen LogP contribution in [0.15, 0.2) is 12.1 Å². The van der Waals surface area contributed by atoms with Gasteiger partial charge in [0.1, 0.15) is 0 Å². The number of nitrogens with two attached hydrogens (primary N) is 1. The summed E-state index contributed by atoms with van der Waals surface area (Å²) in [5.41, 5.74) is -2.89. The molecule has 10 heteroatoms. The van der Waals surface area contributed by atoms with Gasteiger partial charge in [0.2, 0.25) is 0 Å². The molecule has 1 saturated carbocycles. The molecule has 0 spiro atoms. The molecule has 23 heavy (non-hydrogen) atoms. The first-order valence-electron chi connectivity index (χ1n) is 6.38. The molecule has 2 rings (SSSR count). The molecule has 1 atom stereocenters. The molecular weight excluding hydrogens is 341 g/mol. The second-order valence-corrected chi connectivity index (χ2v) is 5.31.